The van der Waals surface area contributed by atoms with E-state index < -0.39 is 9.84 Å². The maximum absolute atomic E-state index is 12.6. The van der Waals surface area contributed by atoms with Crippen molar-refractivity contribution in [3.63, 3.8) is 0 Å². The predicted molar refractivity (Wildman–Crippen MR) is 104 cm³/mol. The number of hydrogen-bond donors (Lipinski definition) is 0. The predicted octanol–water partition coefficient (Wildman–Crippen LogP) is 4.04. The molecule has 0 saturated carbocycles. The van der Waals surface area contributed by atoms with Crippen LogP contribution >= 0.6 is 23.4 Å². The van der Waals surface area contributed by atoms with Gasteiger partial charge in [-0.05, 0) is 36.8 Å². The van der Waals surface area contributed by atoms with E-state index in [4.69, 9.17) is 11.6 Å². The van der Waals surface area contributed by atoms with Crippen molar-refractivity contribution in [1.82, 2.24) is 14.8 Å². The molecular weight excluding hydrogens is 390 g/mol. The molecule has 0 spiro atoms. The van der Waals surface area contributed by atoms with Crippen molar-refractivity contribution in [2.75, 3.05) is 0 Å². The van der Waals surface area contributed by atoms with Gasteiger partial charge in [-0.1, -0.05) is 53.2 Å². The van der Waals surface area contributed by atoms with Gasteiger partial charge >= 0.3 is 0 Å². The molecule has 1 aromatic heterocycles. The van der Waals surface area contributed by atoms with E-state index in [1.165, 1.54) is 11.8 Å². The second-order valence-corrected chi connectivity index (χ2v) is 9.31. The minimum atomic E-state index is -3.46. The molecule has 1 heterocycles. The zero-order chi connectivity index (χ0) is 18.7. The summed E-state index contributed by atoms with van der Waals surface area (Å²) in [5.74, 6) is 0.943. The van der Waals surface area contributed by atoms with Gasteiger partial charge in [-0.25, -0.2) is 8.42 Å². The van der Waals surface area contributed by atoms with Crippen molar-refractivity contribution in [2.45, 2.75) is 28.5 Å². The molecule has 0 aliphatic heterocycles. The van der Waals surface area contributed by atoms with Crippen LogP contribution in [0.3, 0.4) is 0 Å². The minimum Gasteiger partial charge on any atom is -0.308 e. The van der Waals surface area contributed by atoms with Crippen molar-refractivity contribution in [3.05, 3.63) is 70.5 Å². The van der Waals surface area contributed by atoms with Crippen LogP contribution in [0.25, 0.3) is 0 Å². The largest absolute Gasteiger partial charge is 0.308 e. The fourth-order valence-corrected chi connectivity index (χ4v) is 4.64. The molecule has 0 bridgehead atoms. The van der Waals surface area contributed by atoms with Gasteiger partial charge in [-0.15, -0.1) is 10.2 Å². The highest BCUT2D eigenvalue weighted by molar-refractivity contribution is 7.98. The van der Waals surface area contributed by atoms with Crippen LogP contribution in [0.1, 0.15) is 17.0 Å². The van der Waals surface area contributed by atoms with Crippen LogP contribution < -0.4 is 0 Å². The summed E-state index contributed by atoms with van der Waals surface area (Å²) in [4.78, 5) is 0.293. The molecule has 0 N–H and O–H groups in total. The van der Waals surface area contributed by atoms with E-state index in [-0.39, 0.29) is 5.75 Å². The molecule has 8 heteroatoms. The summed E-state index contributed by atoms with van der Waals surface area (Å²) in [6.45, 7) is 1.92. The Labute approximate surface area is 162 Å². The van der Waals surface area contributed by atoms with Crippen LogP contribution in [0.5, 0.6) is 0 Å². The van der Waals surface area contributed by atoms with Gasteiger partial charge in [0.05, 0.1) is 4.90 Å². The van der Waals surface area contributed by atoms with Crippen molar-refractivity contribution in [3.8, 4) is 0 Å². The van der Waals surface area contributed by atoms with Crippen LogP contribution in [0.15, 0.2) is 58.6 Å². The molecule has 0 atom stereocenters. The zero-order valence-electron chi connectivity index (χ0n) is 14.4. The Hall–Kier alpha value is -1.83. The van der Waals surface area contributed by atoms with Crippen LogP contribution in [-0.2, 0) is 28.4 Å². The molecule has 26 heavy (non-hydrogen) atoms. The molecule has 0 unspecified atom stereocenters. The fourth-order valence-electron chi connectivity index (χ4n) is 2.32. The first-order valence-corrected chi connectivity index (χ1v) is 10.9. The molecule has 136 valence electrons. The fraction of sp³-hybridized carbons (Fsp3) is 0.222. The molecule has 0 aliphatic carbocycles. The lowest BCUT2D eigenvalue weighted by Crippen LogP contribution is -2.09. The molecule has 0 radical (unpaired) electrons. The topological polar surface area (TPSA) is 64.8 Å². The summed E-state index contributed by atoms with van der Waals surface area (Å²) < 4.78 is 26.9. The molecule has 0 aliphatic rings. The third-order valence-corrected chi connectivity index (χ3v) is 6.88. The molecular formula is C18H18ClN3O2S2. The van der Waals surface area contributed by atoms with Crippen LogP contribution in [0, 0.1) is 6.92 Å². The van der Waals surface area contributed by atoms with Crippen molar-refractivity contribution in [2.24, 2.45) is 7.05 Å². The third kappa shape index (κ3) is 4.47. The van der Waals surface area contributed by atoms with Gasteiger partial charge in [-0.2, -0.15) is 0 Å². The van der Waals surface area contributed by atoms with Gasteiger partial charge in [-0.3, -0.25) is 0 Å². The maximum Gasteiger partial charge on any atom is 0.191 e. The number of sulfone groups is 1. The lowest BCUT2D eigenvalue weighted by Gasteiger charge is -2.06. The molecule has 0 amide bonds. The number of aryl methyl sites for hydroxylation is 1. The van der Waals surface area contributed by atoms with Crippen LogP contribution in [0.2, 0.25) is 5.02 Å². The van der Waals surface area contributed by atoms with E-state index >= 15 is 0 Å². The van der Waals surface area contributed by atoms with Gasteiger partial charge in [0.2, 0.25) is 0 Å². The van der Waals surface area contributed by atoms with E-state index in [0.717, 1.165) is 11.1 Å². The molecule has 0 fully saturated rings. The zero-order valence-corrected chi connectivity index (χ0v) is 16.8. The molecule has 3 aromatic rings. The summed E-state index contributed by atoms with van der Waals surface area (Å²) in [6, 6.07) is 14.4. The van der Waals surface area contributed by atoms with Gasteiger partial charge in [0, 0.05) is 17.8 Å². The van der Waals surface area contributed by atoms with Gasteiger partial charge in [0.1, 0.15) is 11.6 Å². The number of rotatable bonds is 6. The lowest BCUT2D eigenvalue weighted by atomic mass is 10.2. The average molecular weight is 408 g/mol. The summed E-state index contributed by atoms with van der Waals surface area (Å²) in [6.07, 6.45) is 0. The Morgan fingerprint density at radius 1 is 1.04 bits per heavy atom. The van der Waals surface area contributed by atoms with Crippen molar-refractivity contribution >= 4 is 33.2 Å². The number of nitrogens with zero attached hydrogens (tertiary/aromatic N) is 3. The van der Waals surface area contributed by atoms with Crippen LogP contribution in [-0.4, -0.2) is 23.2 Å². The molecule has 5 nitrogen and oxygen atoms in total. The van der Waals surface area contributed by atoms with Crippen LogP contribution in [0.4, 0.5) is 0 Å². The Morgan fingerprint density at radius 2 is 1.69 bits per heavy atom. The summed E-state index contributed by atoms with van der Waals surface area (Å²) in [7, 11) is -1.68. The highest BCUT2D eigenvalue weighted by Crippen LogP contribution is 2.23. The highest BCUT2D eigenvalue weighted by Gasteiger charge is 2.20. The maximum atomic E-state index is 12.6. The Bertz CT molecular complexity index is 998. The first-order chi connectivity index (χ1) is 12.3. The first-order valence-electron chi connectivity index (χ1n) is 7.90. The Morgan fingerprint density at radius 3 is 2.35 bits per heavy atom. The quantitative estimate of drug-likeness (QED) is 0.577. The molecule has 3 rings (SSSR count). The summed E-state index contributed by atoms with van der Waals surface area (Å²) in [5.41, 5.74) is 2.12. The molecule has 0 saturated heterocycles. The van der Waals surface area contributed by atoms with Gasteiger partial charge < -0.3 is 4.57 Å². The number of halogens is 1. The van der Waals surface area contributed by atoms with E-state index in [1.807, 2.05) is 31.2 Å². The monoisotopic (exact) mass is 407 g/mol. The van der Waals surface area contributed by atoms with Crippen molar-refractivity contribution < 1.29 is 8.42 Å². The summed E-state index contributed by atoms with van der Waals surface area (Å²) in [5, 5.41) is 9.56. The number of hydrogen-bond acceptors (Lipinski definition) is 5. The van der Waals surface area contributed by atoms with E-state index in [0.29, 0.717) is 26.7 Å². The smallest absolute Gasteiger partial charge is 0.191 e. The minimum absolute atomic E-state index is 0.179. The standard InChI is InChI=1S/C18H18ClN3O2S2/c1-13-3-9-16(10-4-13)26(23,24)12-17-20-21-18(22(17)2)25-11-14-5-7-15(19)8-6-14/h3-10H,11-12H2,1-2H3. The average Bonchev–Trinajstić information content (AvgIpc) is 2.94. The third-order valence-electron chi connectivity index (χ3n) is 3.91. The highest BCUT2D eigenvalue weighted by atomic mass is 35.5. The Balaban J connectivity index is 1.72. The van der Waals surface area contributed by atoms with E-state index in [1.54, 1.807) is 35.9 Å². The van der Waals surface area contributed by atoms with Gasteiger partial charge in [0.15, 0.2) is 15.0 Å². The Kier molecular flexibility index (Phi) is 5.70. The van der Waals surface area contributed by atoms with E-state index in [9.17, 15) is 8.42 Å². The second kappa shape index (κ2) is 7.82. The number of aromatic nitrogens is 3. The van der Waals surface area contributed by atoms with Gasteiger partial charge in [0.25, 0.3) is 0 Å². The first kappa shape index (κ1) is 18.9. The van der Waals surface area contributed by atoms with E-state index in [2.05, 4.69) is 10.2 Å². The lowest BCUT2D eigenvalue weighted by molar-refractivity contribution is 0.591. The second-order valence-electron chi connectivity index (χ2n) is 5.95. The number of benzene rings is 2. The van der Waals surface area contributed by atoms with Crippen molar-refractivity contribution in [1.29, 1.82) is 0 Å². The number of thioether (sulfide) groups is 1. The molecule has 2 aromatic carbocycles. The normalized spacial score (nSPS) is 11.7. The SMILES string of the molecule is Cc1ccc(S(=O)(=O)Cc2nnc(SCc3ccc(Cl)cc3)n2C)cc1. The summed E-state index contributed by atoms with van der Waals surface area (Å²) >= 11 is 7.39.